The number of pyridine rings is 1. The number of amides is 1. The summed E-state index contributed by atoms with van der Waals surface area (Å²) in [7, 11) is 2.97. The van der Waals surface area contributed by atoms with Gasteiger partial charge in [-0.1, -0.05) is 0 Å². The van der Waals surface area contributed by atoms with E-state index in [1.54, 1.807) is 37.6 Å². The van der Waals surface area contributed by atoms with E-state index < -0.39 is 0 Å². The zero-order chi connectivity index (χ0) is 23.8. The van der Waals surface area contributed by atoms with Gasteiger partial charge in [-0.2, -0.15) is 5.10 Å². The molecular weight excluding hydrogens is 424 g/mol. The minimum absolute atomic E-state index is 0.252. The third-order valence-corrected chi connectivity index (χ3v) is 5.17. The van der Waals surface area contributed by atoms with Gasteiger partial charge < -0.3 is 19.5 Å². The number of carbonyl (C=O) groups is 2. The molecule has 174 valence electrons. The number of aromatic nitrogens is 3. The topological polar surface area (TPSA) is 105 Å². The number of anilines is 1. The van der Waals surface area contributed by atoms with Gasteiger partial charge in [-0.25, -0.2) is 9.67 Å². The van der Waals surface area contributed by atoms with Gasteiger partial charge in [0.1, 0.15) is 12.3 Å². The Balaban J connectivity index is 1.72. The van der Waals surface area contributed by atoms with Crippen molar-refractivity contribution in [2.24, 2.45) is 0 Å². The van der Waals surface area contributed by atoms with Crippen LogP contribution in [0.3, 0.4) is 0 Å². The second-order valence-electron chi connectivity index (χ2n) is 7.34. The molecule has 1 aromatic carbocycles. The summed E-state index contributed by atoms with van der Waals surface area (Å²) >= 11 is 0. The molecule has 2 heterocycles. The smallest absolute Gasteiger partial charge is 0.305 e. The first-order valence-corrected chi connectivity index (χ1v) is 10.5. The van der Waals surface area contributed by atoms with Gasteiger partial charge in [0.05, 0.1) is 25.1 Å². The second-order valence-corrected chi connectivity index (χ2v) is 7.34. The number of carbonyl (C=O) groups excluding carboxylic acids is 2. The van der Waals surface area contributed by atoms with E-state index in [4.69, 9.17) is 14.2 Å². The van der Waals surface area contributed by atoms with Gasteiger partial charge in [-0.3, -0.25) is 9.59 Å². The average Bonchev–Trinajstić information content (AvgIpc) is 3.11. The molecule has 2 aromatic heterocycles. The van der Waals surface area contributed by atoms with E-state index >= 15 is 0 Å². The molecule has 0 aliphatic rings. The number of hydrogen-bond donors (Lipinski definition) is 1. The van der Waals surface area contributed by atoms with Crippen molar-refractivity contribution in [3.05, 3.63) is 65.1 Å². The molecule has 0 aliphatic carbocycles. The van der Waals surface area contributed by atoms with Crippen LogP contribution in [0.15, 0.2) is 42.6 Å². The lowest BCUT2D eigenvalue weighted by Gasteiger charge is -2.11. The number of esters is 1. The van der Waals surface area contributed by atoms with Crippen LogP contribution in [0.5, 0.6) is 5.88 Å². The van der Waals surface area contributed by atoms with E-state index in [0.717, 1.165) is 22.6 Å². The van der Waals surface area contributed by atoms with E-state index in [9.17, 15) is 9.59 Å². The molecule has 3 aromatic rings. The summed E-state index contributed by atoms with van der Waals surface area (Å²) in [5, 5.41) is 7.44. The van der Waals surface area contributed by atoms with Gasteiger partial charge in [-0.05, 0) is 62.2 Å². The lowest BCUT2D eigenvalue weighted by atomic mass is 10.1. The molecule has 0 saturated heterocycles. The highest BCUT2D eigenvalue weighted by Crippen LogP contribution is 2.23. The van der Waals surface area contributed by atoms with Crippen molar-refractivity contribution >= 4 is 17.6 Å². The highest BCUT2D eigenvalue weighted by atomic mass is 16.5. The standard InChI is InChI=1S/C24H28N4O5/c1-16-20(11-12-22(29)32-4)17(2)28(27-16)19-9-7-18(8-10-19)23(30)26-21-6-5-13-25-24(21)33-15-14-31-3/h5-10,13H,11-12,14-15H2,1-4H3,(H,26,30). The first kappa shape index (κ1) is 23.9. The van der Waals surface area contributed by atoms with Crippen LogP contribution in [0.2, 0.25) is 0 Å². The van der Waals surface area contributed by atoms with E-state index in [0.29, 0.717) is 43.2 Å². The average molecular weight is 453 g/mol. The van der Waals surface area contributed by atoms with Crippen LogP contribution < -0.4 is 10.1 Å². The van der Waals surface area contributed by atoms with E-state index in [1.165, 1.54) is 7.11 Å². The van der Waals surface area contributed by atoms with Gasteiger partial charge in [0, 0.05) is 31.0 Å². The van der Waals surface area contributed by atoms with Gasteiger partial charge in [0.15, 0.2) is 0 Å². The molecule has 9 nitrogen and oxygen atoms in total. The van der Waals surface area contributed by atoms with E-state index in [2.05, 4.69) is 15.4 Å². The van der Waals surface area contributed by atoms with Crippen LogP contribution in [-0.4, -0.2) is 54.1 Å². The third kappa shape index (κ3) is 5.95. The summed E-state index contributed by atoms with van der Waals surface area (Å²) < 4.78 is 17.1. The number of ether oxygens (including phenoxy) is 3. The first-order chi connectivity index (χ1) is 15.9. The maximum atomic E-state index is 12.8. The minimum Gasteiger partial charge on any atom is -0.474 e. The lowest BCUT2D eigenvalue weighted by molar-refractivity contribution is -0.140. The molecule has 0 fully saturated rings. The SMILES string of the molecule is COCCOc1ncccc1NC(=O)c1ccc(-n2nc(C)c(CCC(=O)OC)c2C)cc1. The fourth-order valence-electron chi connectivity index (χ4n) is 3.39. The van der Waals surface area contributed by atoms with Crippen LogP contribution in [-0.2, 0) is 20.7 Å². The predicted molar refractivity (Wildman–Crippen MR) is 123 cm³/mol. The Morgan fingerprint density at radius 2 is 1.82 bits per heavy atom. The van der Waals surface area contributed by atoms with Crippen LogP contribution in [0.25, 0.3) is 5.69 Å². The number of hydrogen-bond acceptors (Lipinski definition) is 7. The summed E-state index contributed by atoms with van der Waals surface area (Å²) in [5.74, 6) is -0.197. The number of rotatable bonds is 10. The van der Waals surface area contributed by atoms with Gasteiger partial charge in [0.25, 0.3) is 5.91 Å². The summed E-state index contributed by atoms with van der Waals surface area (Å²) in [5.41, 5.74) is 4.60. The Kier molecular flexibility index (Phi) is 8.15. The highest BCUT2D eigenvalue weighted by Gasteiger charge is 2.16. The number of methoxy groups -OCH3 is 2. The summed E-state index contributed by atoms with van der Waals surface area (Å²) in [6, 6.07) is 10.6. The van der Waals surface area contributed by atoms with Crippen LogP contribution >= 0.6 is 0 Å². The molecule has 0 bridgehead atoms. The van der Waals surface area contributed by atoms with Crippen molar-refractivity contribution in [1.82, 2.24) is 14.8 Å². The number of nitrogens with zero attached hydrogens (tertiary/aromatic N) is 3. The number of aryl methyl sites for hydroxylation is 1. The highest BCUT2D eigenvalue weighted by molar-refractivity contribution is 6.04. The lowest BCUT2D eigenvalue weighted by Crippen LogP contribution is -2.14. The molecule has 0 unspecified atom stereocenters. The maximum absolute atomic E-state index is 12.8. The molecule has 1 N–H and O–H groups in total. The van der Waals surface area contributed by atoms with Crippen LogP contribution in [0, 0.1) is 13.8 Å². The molecule has 0 radical (unpaired) electrons. The maximum Gasteiger partial charge on any atom is 0.305 e. The summed E-state index contributed by atoms with van der Waals surface area (Å²) in [6.45, 7) is 4.62. The molecule has 3 rings (SSSR count). The molecule has 9 heteroatoms. The Labute approximate surface area is 192 Å². The Morgan fingerprint density at radius 3 is 2.52 bits per heavy atom. The van der Waals surface area contributed by atoms with Crippen LogP contribution in [0.4, 0.5) is 5.69 Å². The predicted octanol–water partition coefficient (Wildman–Crippen LogP) is 3.27. The monoisotopic (exact) mass is 452 g/mol. The zero-order valence-electron chi connectivity index (χ0n) is 19.3. The zero-order valence-corrected chi connectivity index (χ0v) is 19.3. The van der Waals surface area contributed by atoms with Crippen molar-refractivity contribution in [2.75, 3.05) is 32.8 Å². The van der Waals surface area contributed by atoms with Crippen LogP contribution in [0.1, 0.15) is 33.7 Å². The molecule has 1 amide bonds. The quantitative estimate of drug-likeness (QED) is 0.372. The largest absolute Gasteiger partial charge is 0.474 e. The van der Waals surface area contributed by atoms with Gasteiger partial charge in [-0.15, -0.1) is 0 Å². The summed E-state index contributed by atoms with van der Waals surface area (Å²) in [6.07, 6.45) is 2.46. The van der Waals surface area contributed by atoms with Crippen molar-refractivity contribution in [1.29, 1.82) is 0 Å². The Bertz CT molecular complexity index is 1110. The number of benzene rings is 1. The van der Waals surface area contributed by atoms with Gasteiger partial charge in [0.2, 0.25) is 5.88 Å². The molecular formula is C24H28N4O5. The fraction of sp³-hybridized carbons (Fsp3) is 0.333. The van der Waals surface area contributed by atoms with Crippen molar-refractivity contribution in [3.8, 4) is 11.6 Å². The molecule has 0 aliphatic heterocycles. The van der Waals surface area contributed by atoms with Gasteiger partial charge >= 0.3 is 5.97 Å². The second kappa shape index (κ2) is 11.2. The Morgan fingerprint density at radius 1 is 1.06 bits per heavy atom. The third-order valence-electron chi connectivity index (χ3n) is 5.17. The minimum atomic E-state index is -0.279. The van der Waals surface area contributed by atoms with Crippen molar-refractivity contribution < 1.29 is 23.8 Å². The van der Waals surface area contributed by atoms with E-state index in [1.807, 2.05) is 30.7 Å². The van der Waals surface area contributed by atoms with Crippen molar-refractivity contribution in [3.63, 3.8) is 0 Å². The first-order valence-electron chi connectivity index (χ1n) is 10.5. The molecule has 0 atom stereocenters. The molecule has 33 heavy (non-hydrogen) atoms. The molecule has 0 spiro atoms. The normalized spacial score (nSPS) is 10.7. The number of nitrogens with one attached hydrogen (secondary N) is 1. The van der Waals surface area contributed by atoms with E-state index in [-0.39, 0.29) is 11.9 Å². The Hall–Kier alpha value is -3.72. The fourth-order valence-corrected chi connectivity index (χ4v) is 3.39. The summed E-state index contributed by atoms with van der Waals surface area (Å²) in [4.78, 5) is 28.4. The molecule has 0 saturated carbocycles. The van der Waals surface area contributed by atoms with Crippen molar-refractivity contribution in [2.45, 2.75) is 26.7 Å².